The van der Waals surface area contributed by atoms with E-state index in [1.165, 1.54) is 23.1 Å². The van der Waals surface area contributed by atoms with E-state index in [0.29, 0.717) is 27.7 Å². The minimum absolute atomic E-state index is 0.0798. The molecular weight excluding hydrogens is 444 g/mol. The molecule has 164 valence electrons. The van der Waals surface area contributed by atoms with Gasteiger partial charge in [-0.2, -0.15) is 0 Å². The fourth-order valence-corrected chi connectivity index (χ4v) is 4.90. The molecule has 2 aromatic heterocycles. The minimum atomic E-state index is -0.0798. The Hall–Kier alpha value is -3.17. The number of rotatable bonds is 7. The Kier molecular flexibility index (Phi) is 6.57. The molecule has 0 atom stereocenters. The Morgan fingerprint density at radius 2 is 2.00 bits per heavy atom. The van der Waals surface area contributed by atoms with Crippen molar-refractivity contribution in [3.8, 4) is 17.2 Å². The van der Waals surface area contributed by atoms with Gasteiger partial charge >= 0.3 is 0 Å². The van der Waals surface area contributed by atoms with E-state index >= 15 is 0 Å². The van der Waals surface area contributed by atoms with Gasteiger partial charge in [-0.25, -0.2) is 4.98 Å². The number of hydrogen-bond donors (Lipinski definition) is 0. The Labute approximate surface area is 194 Å². The van der Waals surface area contributed by atoms with Crippen LogP contribution in [0, 0.1) is 13.8 Å². The molecule has 0 saturated carbocycles. The van der Waals surface area contributed by atoms with Crippen LogP contribution in [-0.4, -0.2) is 28.2 Å². The summed E-state index contributed by atoms with van der Waals surface area (Å²) in [5.41, 5.74) is 4.60. The molecule has 4 aromatic rings. The van der Waals surface area contributed by atoms with Gasteiger partial charge in [0.1, 0.15) is 5.75 Å². The smallest absolute Gasteiger partial charge is 0.277 e. The van der Waals surface area contributed by atoms with Crippen molar-refractivity contribution >= 4 is 39.8 Å². The van der Waals surface area contributed by atoms with Crippen molar-refractivity contribution in [1.82, 2.24) is 15.2 Å². The number of para-hydroxylation sites is 1. The van der Waals surface area contributed by atoms with Gasteiger partial charge in [-0.3, -0.25) is 9.69 Å². The summed E-state index contributed by atoms with van der Waals surface area (Å²) in [6, 6.07) is 13.5. The summed E-state index contributed by atoms with van der Waals surface area (Å²) in [6.45, 7) is 5.58. The highest BCUT2D eigenvalue weighted by Gasteiger charge is 2.20. The molecule has 2 heterocycles. The first-order valence-corrected chi connectivity index (χ1v) is 11.7. The van der Waals surface area contributed by atoms with Crippen LogP contribution in [0.1, 0.15) is 23.7 Å². The summed E-state index contributed by atoms with van der Waals surface area (Å²) in [5.74, 6) is 1.54. The van der Waals surface area contributed by atoms with E-state index in [4.69, 9.17) is 9.15 Å². The number of nitrogens with zero attached hydrogens (tertiary/aromatic N) is 4. The molecular formula is C23H22N4O3S2. The number of ether oxygens (including phenoxy) is 1. The average molecular weight is 467 g/mol. The van der Waals surface area contributed by atoms with Crippen molar-refractivity contribution in [3.05, 3.63) is 64.7 Å². The average Bonchev–Trinajstić information content (AvgIpc) is 3.43. The van der Waals surface area contributed by atoms with Gasteiger partial charge in [0.05, 0.1) is 24.1 Å². The van der Waals surface area contributed by atoms with Crippen molar-refractivity contribution in [1.29, 1.82) is 0 Å². The highest BCUT2D eigenvalue weighted by molar-refractivity contribution is 7.98. The minimum Gasteiger partial charge on any atom is -0.496 e. The summed E-state index contributed by atoms with van der Waals surface area (Å²) in [6.07, 6.45) is 0. The maximum Gasteiger partial charge on any atom is 0.277 e. The van der Waals surface area contributed by atoms with Crippen LogP contribution in [-0.2, 0) is 10.5 Å². The number of hydrogen-bond acceptors (Lipinski definition) is 8. The Morgan fingerprint density at radius 1 is 1.19 bits per heavy atom. The molecule has 1 amide bonds. The molecule has 0 aliphatic carbocycles. The third-order valence-electron chi connectivity index (χ3n) is 4.73. The van der Waals surface area contributed by atoms with Crippen molar-refractivity contribution < 1.29 is 13.9 Å². The lowest BCUT2D eigenvalue weighted by Crippen LogP contribution is -2.23. The molecule has 0 unspecified atom stereocenters. The van der Waals surface area contributed by atoms with Gasteiger partial charge < -0.3 is 9.15 Å². The number of thiazole rings is 1. The van der Waals surface area contributed by atoms with Crippen LogP contribution in [0.3, 0.4) is 0 Å². The quantitative estimate of drug-likeness (QED) is 0.319. The van der Waals surface area contributed by atoms with Gasteiger partial charge in [0, 0.05) is 18.1 Å². The van der Waals surface area contributed by atoms with Gasteiger partial charge in [0.2, 0.25) is 5.91 Å². The predicted octanol–water partition coefficient (Wildman–Crippen LogP) is 5.80. The summed E-state index contributed by atoms with van der Waals surface area (Å²) in [5, 5.41) is 11.3. The molecule has 0 saturated heterocycles. The van der Waals surface area contributed by atoms with Crippen molar-refractivity contribution in [2.45, 2.75) is 31.7 Å². The monoisotopic (exact) mass is 466 g/mol. The highest BCUT2D eigenvalue weighted by Crippen LogP contribution is 2.34. The Balaban J connectivity index is 1.49. The van der Waals surface area contributed by atoms with Crippen LogP contribution >= 0.6 is 23.1 Å². The van der Waals surface area contributed by atoms with Crippen molar-refractivity contribution in [2.24, 2.45) is 0 Å². The van der Waals surface area contributed by atoms with Crippen LogP contribution in [0.4, 0.5) is 10.8 Å². The zero-order valence-electron chi connectivity index (χ0n) is 18.2. The molecule has 7 nitrogen and oxygen atoms in total. The summed E-state index contributed by atoms with van der Waals surface area (Å²) < 4.78 is 11.2. The lowest BCUT2D eigenvalue weighted by Gasteiger charge is -2.20. The number of aryl methyl sites for hydroxylation is 2. The maximum atomic E-state index is 12.4. The largest absolute Gasteiger partial charge is 0.496 e. The molecule has 0 radical (unpaired) electrons. The van der Waals surface area contributed by atoms with Crippen LogP contribution in [0.15, 0.2) is 57.5 Å². The second kappa shape index (κ2) is 9.54. The van der Waals surface area contributed by atoms with Crippen LogP contribution < -0.4 is 9.64 Å². The third kappa shape index (κ3) is 4.68. The van der Waals surface area contributed by atoms with E-state index in [9.17, 15) is 4.79 Å². The number of methoxy groups -OCH3 is 1. The first kappa shape index (κ1) is 22.0. The Bertz CT molecular complexity index is 1250. The van der Waals surface area contributed by atoms with Gasteiger partial charge in [0.25, 0.3) is 11.1 Å². The van der Waals surface area contributed by atoms with E-state index in [1.807, 2.05) is 55.6 Å². The Morgan fingerprint density at radius 3 is 2.75 bits per heavy atom. The number of amides is 1. The van der Waals surface area contributed by atoms with Gasteiger partial charge in [0.15, 0.2) is 5.13 Å². The first-order chi connectivity index (χ1) is 15.5. The predicted molar refractivity (Wildman–Crippen MR) is 127 cm³/mol. The van der Waals surface area contributed by atoms with E-state index in [0.717, 1.165) is 28.1 Å². The number of aromatic nitrogens is 3. The summed E-state index contributed by atoms with van der Waals surface area (Å²) in [4.78, 5) is 18.7. The molecule has 0 aliphatic rings. The third-order valence-corrected chi connectivity index (χ3v) is 6.45. The fourth-order valence-electron chi connectivity index (χ4n) is 3.26. The normalized spacial score (nSPS) is 10.9. The van der Waals surface area contributed by atoms with Crippen LogP contribution in [0.25, 0.3) is 11.5 Å². The topological polar surface area (TPSA) is 81.4 Å². The van der Waals surface area contributed by atoms with Gasteiger partial charge in [-0.05, 0) is 37.6 Å². The number of benzene rings is 2. The van der Waals surface area contributed by atoms with E-state index in [1.54, 1.807) is 18.9 Å². The molecule has 0 spiro atoms. The lowest BCUT2D eigenvalue weighted by atomic mass is 10.1. The number of carbonyl (C=O) groups is 1. The molecule has 2 aromatic carbocycles. The van der Waals surface area contributed by atoms with Crippen LogP contribution in [0.5, 0.6) is 5.75 Å². The fraction of sp³-hybridized carbons (Fsp3) is 0.217. The zero-order valence-corrected chi connectivity index (χ0v) is 19.8. The first-order valence-electron chi connectivity index (χ1n) is 9.88. The molecule has 0 N–H and O–H groups in total. The SMILES string of the molecule is COc1ccccc1-c1nnc(SCc2csc(N(C(C)=O)c3ccc(C)cc3C)n2)o1. The summed E-state index contributed by atoms with van der Waals surface area (Å²) >= 11 is 2.83. The van der Waals surface area contributed by atoms with E-state index in [-0.39, 0.29) is 5.91 Å². The molecule has 0 aliphatic heterocycles. The van der Waals surface area contributed by atoms with Gasteiger partial charge in [-0.1, -0.05) is 41.6 Å². The zero-order chi connectivity index (χ0) is 22.7. The number of carbonyl (C=O) groups excluding carboxylic acids is 1. The standard InChI is InChI=1S/C23H22N4O3S2/c1-14-9-10-19(15(2)11-14)27(16(3)28)22-24-17(12-31-22)13-32-23-26-25-21(30-23)18-7-5-6-8-20(18)29-4/h5-12H,13H2,1-4H3. The maximum absolute atomic E-state index is 12.4. The molecule has 0 bridgehead atoms. The molecule has 0 fully saturated rings. The van der Waals surface area contributed by atoms with E-state index < -0.39 is 0 Å². The molecule has 32 heavy (non-hydrogen) atoms. The van der Waals surface area contributed by atoms with E-state index in [2.05, 4.69) is 21.2 Å². The van der Waals surface area contributed by atoms with Gasteiger partial charge in [-0.15, -0.1) is 21.5 Å². The second-order valence-corrected chi connectivity index (χ2v) is 8.89. The molecule has 4 rings (SSSR count). The van der Waals surface area contributed by atoms with Crippen molar-refractivity contribution in [2.75, 3.05) is 12.0 Å². The lowest BCUT2D eigenvalue weighted by molar-refractivity contribution is -0.115. The summed E-state index contributed by atoms with van der Waals surface area (Å²) in [7, 11) is 1.60. The number of anilines is 2. The highest BCUT2D eigenvalue weighted by atomic mass is 32.2. The van der Waals surface area contributed by atoms with Crippen LogP contribution in [0.2, 0.25) is 0 Å². The molecule has 9 heteroatoms. The number of thioether (sulfide) groups is 1. The second-order valence-electron chi connectivity index (χ2n) is 7.13. The van der Waals surface area contributed by atoms with Crippen molar-refractivity contribution in [3.63, 3.8) is 0 Å².